The number of aromatic nitrogens is 4. The number of carbonyl (C=O) groups excluding carboxylic acids is 1. The smallest absolute Gasteiger partial charge is 0.274 e. The van der Waals surface area contributed by atoms with Gasteiger partial charge < -0.3 is 13.7 Å². The highest BCUT2D eigenvalue weighted by Crippen LogP contribution is 2.30. The zero-order valence-electron chi connectivity index (χ0n) is 13.6. The van der Waals surface area contributed by atoms with Crippen LogP contribution in [0.1, 0.15) is 54.0 Å². The Labute approximate surface area is 139 Å². The number of fused-ring (bicyclic) bond motifs is 1. The number of hydrogen-bond acceptors (Lipinski definition) is 5. The molecule has 0 aliphatic carbocycles. The van der Waals surface area contributed by atoms with E-state index in [1.807, 2.05) is 33.7 Å². The van der Waals surface area contributed by atoms with Gasteiger partial charge in [0.05, 0.1) is 0 Å². The van der Waals surface area contributed by atoms with Crippen molar-refractivity contribution in [2.24, 2.45) is 0 Å². The van der Waals surface area contributed by atoms with Gasteiger partial charge in [-0.25, -0.2) is 4.98 Å². The number of hydrogen-bond donors (Lipinski definition) is 0. The number of nitrogens with zero attached hydrogens (tertiary/aromatic N) is 5. The third-order valence-electron chi connectivity index (χ3n) is 4.42. The summed E-state index contributed by atoms with van der Waals surface area (Å²) in [5, 5.41) is 8.06. The lowest BCUT2D eigenvalue weighted by Gasteiger charge is -2.26. The van der Waals surface area contributed by atoms with E-state index in [0.29, 0.717) is 24.0 Å². The average molecular weight is 325 g/mol. The molecule has 1 aliphatic rings. The van der Waals surface area contributed by atoms with Gasteiger partial charge in [0.1, 0.15) is 17.4 Å². The first-order valence-corrected chi connectivity index (χ1v) is 8.27. The van der Waals surface area contributed by atoms with E-state index >= 15 is 0 Å². The van der Waals surface area contributed by atoms with Crippen LogP contribution in [0, 0.1) is 6.92 Å². The number of imidazole rings is 1. The van der Waals surface area contributed by atoms with Crippen molar-refractivity contribution in [3.05, 3.63) is 48.1 Å². The molecule has 124 valence electrons. The van der Waals surface area contributed by atoms with Gasteiger partial charge in [0.25, 0.3) is 5.91 Å². The quantitative estimate of drug-likeness (QED) is 0.724. The molecule has 1 unspecified atom stereocenters. The van der Waals surface area contributed by atoms with Crippen LogP contribution in [0.3, 0.4) is 0 Å². The van der Waals surface area contributed by atoms with Gasteiger partial charge in [-0.05, 0) is 25.0 Å². The normalized spacial score (nSPS) is 18.7. The molecule has 0 bridgehead atoms. The Hall–Kier alpha value is -2.70. The first-order chi connectivity index (χ1) is 11.7. The highest BCUT2D eigenvalue weighted by Gasteiger charge is 2.32. The standard InChI is InChI=1S/C17H19N5O2/c1-12-19-20-16(24-12)14-7-3-2-5-10-22(14)17(23)13-11-21-9-6-4-8-15(21)18-13/h4,6,8-9,11,14H,2-3,5,7,10H2,1H3. The van der Waals surface area contributed by atoms with Gasteiger partial charge in [-0.1, -0.05) is 18.9 Å². The fourth-order valence-electron chi connectivity index (χ4n) is 3.24. The fraction of sp³-hybridized carbons (Fsp3) is 0.412. The molecule has 0 aromatic carbocycles. The van der Waals surface area contributed by atoms with Crippen molar-refractivity contribution in [3.8, 4) is 0 Å². The molecule has 24 heavy (non-hydrogen) atoms. The molecule has 3 aromatic heterocycles. The maximum atomic E-state index is 13.1. The third-order valence-corrected chi connectivity index (χ3v) is 4.42. The summed E-state index contributed by atoms with van der Waals surface area (Å²) < 4.78 is 7.47. The molecule has 1 saturated heterocycles. The van der Waals surface area contributed by atoms with Crippen LogP contribution in [0.2, 0.25) is 0 Å². The maximum Gasteiger partial charge on any atom is 0.274 e. The van der Waals surface area contributed by atoms with Crippen LogP contribution in [-0.2, 0) is 0 Å². The van der Waals surface area contributed by atoms with Gasteiger partial charge in [0.2, 0.25) is 11.8 Å². The highest BCUT2D eigenvalue weighted by molar-refractivity contribution is 5.93. The van der Waals surface area contributed by atoms with Crippen LogP contribution in [0.15, 0.2) is 35.0 Å². The Balaban J connectivity index is 1.68. The largest absolute Gasteiger partial charge is 0.423 e. The molecular weight excluding hydrogens is 306 g/mol. The van der Waals surface area contributed by atoms with Crippen LogP contribution in [0.5, 0.6) is 0 Å². The van der Waals surface area contributed by atoms with E-state index in [1.165, 1.54) is 0 Å². The Morgan fingerprint density at radius 3 is 2.96 bits per heavy atom. The molecule has 1 aliphatic heterocycles. The summed E-state index contributed by atoms with van der Waals surface area (Å²) in [5.74, 6) is 0.961. The molecular formula is C17H19N5O2. The van der Waals surface area contributed by atoms with Gasteiger partial charge >= 0.3 is 0 Å². The molecule has 7 nitrogen and oxygen atoms in total. The second-order valence-corrected chi connectivity index (χ2v) is 6.12. The van der Waals surface area contributed by atoms with Crippen LogP contribution < -0.4 is 0 Å². The monoisotopic (exact) mass is 325 g/mol. The van der Waals surface area contributed by atoms with Crippen molar-refractivity contribution in [1.82, 2.24) is 24.5 Å². The summed E-state index contributed by atoms with van der Waals surface area (Å²) in [5.41, 5.74) is 1.21. The number of aryl methyl sites for hydroxylation is 1. The van der Waals surface area contributed by atoms with Crippen molar-refractivity contribution < 1.29 is 9.21 Å². The Kier molecular flexibility index (Phi) is 3.76. The van der Waals surface area contributed by atoms with Crippen molar-refractivity contribution in [1.29, 1.82) is 0 Å². The topological polar surface area (TPSA) is 76.5 Å². The minimum Gasteiger partial charge on any atom is -0.423 e. The number of amides is 1. The lowest BCUT2D eigenvalue weighted by molar-refractivity contribution is 0.0645. The zero-order chi connectivity index (χ0) is 16.5. The molecule has 1 amide bonds. The SMILES string of the molecule is Cc1nnc(C2CCCCCN2C(=O)c2cn3ccccc3n2)o1. The molecule has 4 rings (SSSR count). The van der Waals surface area contributed by atoms with Gasteiger partial charge in [0.15, 0.2) is 0 Å². The average Bonchev–Trinajstić information content (AvgIpc) is 3.13. The molecule has 0 spiro atoms. The first kappa shape index (κ1) is 14.9. The summed E-state index contributed by atoms with van der Waals surface area (Å²) in [6.07, 6.45) is 7.61. The molecule has 1 fully saturated rings. The second kappa shape index (κ2) is 6.07. The molecule has 3 aromatic rings. The van der Waals surface area contributed by atoms with E-state index in [2.05, 4.69) is 15.2 Å². The van der Waals surface area contributed by atoms with Crippen molar-refractivity contribution in [2.45, 2.75) is 38.6 Å². The van der Waals surface area contributed by atoms with Crippen LogP contribution >= 0.6 is 0 Å². The Morgan fingerprint density at radius 1 is 1.25 bits per heavy atom. The highest BCUT2D eigenvalue weighted by atomic mass is 16.4. The lowest BCUT2D eigenvalue weighted by atomic mass is 10.1. The maximum absolute atomic E-state index is 13.1. The number of carbonyl (C=O) groups is 1. The minimum atomic E-state index is -0.175. The number of likely N-dealkylation sites (tertiary alicyclic amines) is 1. The predicted molar refractivity (Wildman–Crippen MR) is 86.5 cm³/mol. The molecule has 0 saturated carbocycles. The molecule has 4 heterocycles. The fourth-order valence-corrected chi connectivity index (χ4v) is 3.24. The third kappa shape index (κ3) is 2.66. The van der Waals surface area contributed by atoms with Gasteiger partial charge in [-0.2, -0.15) is 0 Å². The second-order valence-electron chi connectivity index (χ2n) is 6.12. The van der Waals surface area contributed by atoms with E-state index in [4.69, 9.17) is 4.42 Å². The van der Waals surface area contributed by atoms with Crippen molar-refractivity contribution >= 4 is 11.6 Å². The summed E-state index contributed by atoms with van der Waals surface area (Å²) in [6.45, 7) is 2.44. The van der Waals surface area contributed by atoms with Gasteiger partial charge in [-0.15, -0.1) is 10.2 Å². The van der Waals surface area contributed by atoms with Gasteiger partial charge in [-0.3, -0.25) is 4.79 Å². The van der Waals surface area contributed by atoms with E-state index < -0.39 is 0 Å². The van der Waals surface area contributed by atoms with Crippen LogP contribution in [0.25, 0.3) is 5.65 Å². The van der Waals surface area contributed by atoms with Gasteiger partial charge in [0, 0.05) is 25.9 Å². The summed E-state index contributed by atoms with van der Waals surface area (Å²) in [4.78, 5) is 19.4. The molecule has 0 radical (unpaired) electrons. The van der Waals surface area contributed by atoms with Crippen LogP contribution in [0.4, 0.5) is 0 Å². The molecule has 7 heteroatoms. The summed E-state index contributed by atoms with van der Waals surface area (Å²) in [6, 6.07) is 5.54. The lowest BCUT2D eigenvalue weighted by Crippen LogP contribution is -2.35. The van der Waals surface area contributed by atoms with E-state index in [0.717, 1.165) is 31.3 Å². The number of pyridine rings is 1. The van der Waals surface area contributed by atoms with Crippen molar-refractivity contribution in [3.63, 3.8) is 0 Å². The summed E-state index contributed by atoms with van der Waals surface area (Å²) >= 11 is 0. The Morgan fingerprint density at radius 2 is 2.17 bits per heavy atom. The first-order valence-electron chi connectivity index (χ1n) is 8.27. The zero-order valence-corrected chi connectivity index (χ0v) is 13.6. The Bertz CT molecular complexity index is 836. The van der Waals surface area contributed by atoms with E-state index in [9.17, 15) is 4.79 Å². The molecule has 0 N–H and O–H groups in total. The van der Waals surface area contributed by atoms with E-state index in [-0.39, 0.29) is 11.9 Å². The summed E-state index contributed by atoms with van der Waals surface area (Å²) in [7, 11) is 0. The predicted octanol–water partition coefficient (Wildman–Crippen LogP) is 2.78. The minimum absolute atomic E-state index is 0.0820. The van der Waals surface area contributed by atoms with Crippen molar-refractivity contribution in [2.75, 3.05) is 6.54 Å². The van der Waals surface area contributed by atoms with E-state index in [1.54, 1.807) is 13.1 Å². The van der Waals surface area contributed by atoms with Crippen LogP contribution in [-0.4, -0.2) is 36.9 Å². The molecule has 1 atom stereocenters. The number of rotatable bonds is 2.